The Labute approximate surface area is 67.7 Å². The van der Waals surface area contributed by atoms with Crippen LogP contribution in [0.3, 0.4) is 0 Å². The number of hydrogen-bond acceptors (Lipinski definition) is 2. The van der Waals surface area contributed by atoms with Gasteiger partial charge in [-0.2, -0.15) is 0 Å². The molecule has 58 valence electrons. The molecule has 0 radical (unpaired) electrons. The number of nitrogens with zero attached hydrogens (tertiary/aromatic N) is 1. The van der Waals surface area contributed by atoms with Crippen LogP contribution in [0, 0.1) is 0 Å². The lowest BCUT2D eigenvalue weighted by Crippen LogP contribution is -1.99. The predicted molar refractivity (Wildman–Crippen MR) is 43.5 cm³/mol. The summed E-state index contributed by atoms with van der Waals surface area (Å²) < 4.78 is 6.89. The fourth-order valence-corrected chi connectivity index (χ4v) is 0.816. The molecular weight excluding hydrogens is 138 g/mol. The van der Waals surface area contributed by atoms with Gasteiger partial charge in [0.15, 0.2) is 5.78 Å². The van der Waals surface area contributed by atoms with Gasteiger partial charge in [-0.1, -0.05) is 13.0 Å². The monoisotopic (exact) mass is 150 g/mol. The Morgan fingerprint density at radius 2 is 2.64 bits per heavy atom. The molecule has 1 aromatic rings. The van der Waals surface area contributed by atoms with Crippen molar-refractivity contribution in [3.8, 4) is 0 Å². The zero-order valence-electron chi connectivity index (χ0n) is 7.29. The van der Waals surface area contributed by atoms with E-state index in [1.54, 1.807) is 24.4 Å². The molecule has 0 saturated carbocycles. The molecule has 11 heavy (non-hydrogen) atoms. The number of Topliss-reactive ketones (excluding diaryl/α,β-unsaturated/α-hetero) is 1. The van der Waals surface area contributed by atoms with Gasteiger partial charge in [0.05, 0.1) is 0 Å². The van der Waals surface area contributed by atoms with E-state index in [4.69, 9.17) is 1.37 Å². The lowest BCUT2D eigenvalue weighted by Gasteiger charge is -1.95. The maximum Gasteiger partial charge on any atom is 0.181 e. The zero-order valence-corrected chi connectivity index (χ0v) is 6.29. The summed E-state index contributed by atoms with van der Waals surface area (Å²) in [5.41, 5.74) is 0.506. The van der Waals surface area contributed by atoms with E-state index in [0.29, 0.717) is 25.4 Å². The van der Waals surface area contributed by atoms with Gasteiger partial charge in [0.1, 0.15) is 5.69 Å². The Bertz CT molecular complexity index is 248. The summed E-state index contributed by atoms with van der Waals surface area (Å²) in [4.78, 5) is 15.2. The van der Waals surface area contributed by atoms with Crippen LogP contribution in [0.15, 0.2) is 24.4 Å². The number of carbonyl (C=O) groups is 1. The number of rotatable bonds is 3. The van der Waals surface area contributed by atoms with Gasteiger partial charge in [0, 0.05) is 14.0 Å². The van der Waals surface area contributed by atoms with Crippen molar-refractivity contribution in [1.82, 2.24) is 4.98 Å². The van der Waals surface area contributed by atoms with E-state index in [-0.39, 0.29) is 5.78 Å². The molecule has 1 rings (SSSR count). The average Bonchev–Trinajstić information content (AvgIpc) is 2.15. The van der Waals surface area contributed by atoms with Gasteiger partial charge >= 0.3 is 0 Å². The SMILES string of the molecule is [2H]CCCC(=O)c1ccccn1. The van der Waals surface area contributed by atoms with Crippen LogP contribution in [0.25, 0.3) is 0 Å². The lowest BCUT2D eigenvalue weighted by atomic mass is 10.2. The molecule has 0 aromatic carbocycles. The second kappa shape index (κ2) is 3.86. The second-order valence-electron chi connectivity index (χ2n) is 2.24. The molecule has 2 nitrogen and oxygen atoms in total. The molecular formula is C9H11NO. The molecule has 0 aliphatic heterocycles. The molecule has 0 fully saturated rings. The highest BCUT2D eigenvalue weighted by atomic mass is 16.1. The van der Waals surface area contributed by atoms with Gasteiger partial charge in [-0.05, 0) is 18.6 Å². The summed E-state index contributed by atoms with van der Waals surface area (Å²) in [5, 5.41) is 0. The van der Waals surface area contributed by atoms with Crippen LogP contribution in [0.5, 0.6) is 0 Å². The first-order chi connectivity index (χ1) is 5.84. The predicted octanol–water partition coefficient (Wildman–Crippen LogP) is 2.06. The summed E-state index contributed by atoms with van der Waals surface area (Å²) in [6.07, 6.45) is 2.66. The van der Waals surface area contributed by atoms with Gasteiger partial charge in [0.2, 0.25) is 0 Å². The summed E-state index contributed by atoms with van der Waals surface area (Å²) in [6, 6.07) is 5.27. The zero-order chi connectivity index (χ0) is 8.81. The maximum absolute atomic E-state index is 11.3. The van der Waals surface area contributed by atoms with E-state index in [2.05, 4.69) is 4.98 Å². The minimum absolute atomic E-state index is 0.0304. The largest absolute Gasteiger partial charge is 0.292 e. The van der Waals surface area contributed by atoms with E-state index in [1.807, 2.05) is 0 Å². The van der Waals surface area contributed by atoms with Crippen LogP contribution >= 0.6 is 0 Å². The number of carbonyl (C=O) groups excluding carboxylic acids is 1. The van der Waals surface area contributed by atoms with Gasteiger partial charge in [-0.15, -0.1) is 0 Å². The van der Waals surface area contributed by atoms with Crippen molar-refractivity contribution in [2.24, 2.45) is 0 Å². The van der Waals surface area contributed by atoms with E-state index >= 15 is 0 Å². The summed E-state index contributed by atoms with van der Waals surface area (Å²) >= 11 is 0. The fourth-order valence-electron chi connectivity index (χ4n) is 0.816. The van der Waals surface area contributed by atoms with Gasteiger partial charge in [-0.25, -0.2) is 0 Å². The maximum atomic E-state index is 11.3. The minimum atomic E-state index is 0.0304. The number of pyridine rings is 1. The normalized spacial score (nSPS) is 10.7. The molecule has 0 amide bonds. The first-order valence-electron chi connectivity index (χ1n) is 4.29. The van der Waals surface area contributed by atoms with Gasteiger partial charge < -0.3 is 0 Å². The topological polar surface area (TPSA) is 30.0 Å². The number of hydrogen-bond donors (Lipinski definition) is 0. The third-order valence-electron chi connectivity index (χ3n) is 1.35. The molecule has 1 aromatic heterocycles. The summed E-state index contributed by atoms with van der Waals surface area (Å²) in [5.74, 6) is 0.0304. The van der Waals surface area contributed by atoms with Crippen molar-refractivity contribution in [2.45, 2.75) is 19.7 Å². The molecule has 1 heterocycles. The van der Waals surface area contributed by atoms with Gasteiger partial charge in [-0.3, -0.25) is 9.78 Å². The molecule has 0 saturated heterocycles. The highest BCUT2D eigenvalue weighted by Crippen LogP contribution is 2.00. The Morgan fingerprint density at radius 1 is 1.73 bits per heavy atom. The Hall–Kier alpha value is -1.18. The molecule has 0 unspecified atom stereocenters. The molecule has 0 aliphatic rings. The van der Waals surface area contributed by atoms with E-state index < -0.39 is 0 Å². The van der Waals surface area contributed by atoms with Crippen molar-refractivity contribution in [3.05, 3.63) is 30.1 Å². The minimum Gasteiger partial charge on any atom is -0.292 e. The lowest BCUT2D eigenvalue weighted by molar-refractivity contribution is 0.0977. The first kappa shape index (κ1) is 6.53. The third-order valence-corrected chi connectivity index (χ3v) is 1.35. The average molecular weight is 150 g/mol. The Kier molecular flexibility index (Phi) is 2.29. The second-order valence-corrected chi connectivity index (χ2v) is 2.24. The highest BCUT2D eigenvalue weighted by Gasteiger charge is 2.02. The fraction of sp³-hybridized carbons (Fsp3) is 0.333. The van der Waals surface area contributed by atoms with Crippen LogP contribution in [-0.2, 0) is 0 Å². The molecule has 0 N–H and O–H groups in total. The molecule has 0 atom stereocenters. The molecule has 0 aliphatic carbocycles. The van der Waals surface area contributed by atoms with Crippen LogP contribution in [0.1, 0.15) is 31.6 Å². The standard InChI is InChI=1S/C9H11NO/c1-2-5-9(11)8-6-3-4-7-10-8/h3-4,6-7H,2,5H2,1H3/i1D. The number of aromatic nitrogens is 1. The van der Waals surface area contributed by atoms with Crippen LogP contribution < -0.4 is 0 Å². The molecule has 2 heteroatoms. The van der Waals surface area contributed by atoms with Crippen LogP contribution in [-0.4, -0.2) is 10.8 Å². The van der Waals surface area contributed by atoms with Crippen LogP contribution in [0.4, 0.5) is 0 Å². The van der Waals surface area contributed by atoms with Crippen molar-refractivity contribution in [3.63, 3.8) is 0 Å². The van der Waals surface area contributed by atoms with Crippen molar-refractivity contribution in [2.75, 3.05) is 0 Å². The Balaban J connectivity index is 2.54. The number of ketones is 1. The Morgan fingerprint density at radius 3 is 3.27 bits per heavy atom. The highest BCUT2D eigenvalue weighted by molar-refractivity contribution is 5.93. The van der Waals surface area contributed by atoms with E-state index in [9.17, 15) is 4.79 Å². The van der Waals surface area contributed by atoms with E-state index in [0.717, 1.165) is 0 Å². The quantitative estimate of drug-likeness (QED) is 0.617. The third kappa shape index (κ3) is 2.15. The van der Waals surface area contributed by atoms with Crippen molar-refractivity contribution >= 4 is 5.78 Å². The smallest absolute Gasteiger partial charge is 0.181 e. The first-order valence-corrected chi connectivity index (χ1v) is 3.58. The van der Waals surface area contributed by atoms with Crippen LogP contribution in [0.2, 0.25) is 0 Å². The summed E-state index contributed by atoms with van der Waals surface area (Å²) in [6.45, 7) is 0.304. The van der Waals surface area contributed by atoms with Gasteiger partial charge in [0.25, 0.3) is 0 Å². The van der Waals surface area contributed by atoms with Crippen molar-refractivity contribution < 1.29 is 6.17 Å². The molecule has 0 spiro atoms. The summed E-state index contributed by atoms with van der Waals surface area (Å²) in [7, 11) is 0. The van der Waals surface area contributed by atoms with Crippen molar-refractivity contribution in [1.29, 1.82) is 0 Å². The van der Waals surface area contributed by atoms with E-state index in [1.165, 1.54) is 0 Å². The molecule has 0 bridgehead atoms.